The van der Waals surface area contributed by atoms with E-state index in [1.807, 2.05) is 6.92 Å². The van der Waals surface area contributed by atoms with Crippen LogP contribution in [-0.4, -0.2) is 21.6 Å². The smallest absolute Gasteiger partial charge is 0.238 e. The SMILES string of the molecule is CCc1cc(S(N)(=O)=O)ccc1OCCN.Cl. The van der Waals surface area contributed by atoms with Crippen molar-refractivity contribution in [3.8, 4) is 5.75 Å². The molecule has 0 radical (unpaired) electrons. The molecule has 0 amide bonds. The Balaban J connectivity index is 0.00000256. The van der Waals surface area contributed by atoms with Crippen molar-refractivity contribution in [3.05, 3.63) is 23.8 Å². The van der Waals surface area contributed by atoms with Gasteiger partial charge in [-0.1, -0.05) is 6.92 Å². The van der Waals surface area contributed by atoms with Crippen LogP contribution in [0.5, 0.6) is 5.75 Å². The van der Waals surface area contributed by atoms with Gasteiger partial charge in [-0.2, -0.15) is 0 Å². The molecule has 0 fully saturated rings. The molecule has 1 aromatic rings. The van der Waals surface area contributed by atoms with Crippen molar-refractivity contribution in [1.82, 2.24) is 0 Å². The molecule has 5 nitrogen and oxygen atoms in total. The number of hydrogen-bond donors (Lipinski definition) is 2. The Morgan fingerprint density at radius 1 is 1.35 bits per heavy atom. The Hall–Kier alpha value is -0.820. The van der Waals surface area contributed by atoms with E-state index in [4.69, 9.17) is 15.6 Å². The van der Waals surface area contributed by atoms with E-state index in [9.17, 15) is 8.42 Å². The van der Waals surface area contributed by atoms with Gasteiger partial charge in [0, 0.05) is 6.54 Å². The fourth-order valence-corrected chi connectivity index (χ4v) is 1.88. The van der Waals surface area contributed by atoms with Gasteiger partial charge in [-0.15, -0.1) is 12.4 Å². The van der Waals surface area contributed by atoms with Crippen LogP contribution in [0.15, 0.2) is 23.1 Å². The zero-order valence-electron chi connectivity index (χ0n) is 9.55. The van der Waals surface area contributed by atoms with Crippen molar-refractivity contribution in [2.75, 3.05) is 13.2 Å². The summed E-state index contributed by atoms with van der Waals surface area (Å²) in [5.74, 6) is 0.653. The average molecular weight is 281 g/mol. The highest BCUT2D eigenvalue weighted by atomic mass is 35.5. The summed E-state index contributed by atoms with van der Waals surface area (Å²) in [6.07, 6.45) is 0.670. The van der Waals surface area contributed by atoms with Crippen molar-refractivity contribution in [2.24, 2.45) is 10.9 Å². The Kier molecular flexibility index (Phi) is 6.48. The highest BCUT2D eigenvalue weighted by molar-refractivity contribution is 7.89. The van der Waals surface area contributed by atoms with E-state index in [1.165, 1.54) is 12.1 Å². The largest absolute Gasteiger partial charge is 0.492 e. The number of rotatable bonds is 5. The molecule has 17 heavy (non-hydrogen) atoms. The first-order valence-corrected chi connectivity index (χ1v) is 6.52. The van der Waals surface area contributed by atoms with Crippen molar-refractivity contribution >= 4 is 22.4 Å². The van der Waals surface area contributed by atoms with Gasteiger partial charge in [0.25, 0.3) is 0 Å². The minimum atomic E-state index is -3.65. The van der Waals surface area contributed by atoms with Crippen LogP contribution in [-0.2, 0) is 16.4 Å². The van der Waals surface area contributed by atoms with Crippen molar-refractivity contribution < 1.29 is 13.2 Å². The molecule has 0 aliphatic heterocycles. The molecule has 0 saturated heterocycles. The summed E-state index contributed by atoms with van der Waals surface area (Å²) in [6, 6.07) is 4.57. The first-order valence-electron chi connectivity index (χ1n) is 4.97. The molecule has 1 rings (SSSR count). The van der Waals surface area contributed by atoms with Crippen LogP contribution in [0.1, 0.15) is 12.5 Å². The second-order valence-corrected chi connectivity index (χ2v) is 4.87. The fraction of sp³-hybridized carbons (Fsp3) is 0.400. The number of hydrogen-bond acceptors (Lipinski definition) is 4. The Bertz CT molecular complexity index is 463. The lowest BCUT2D eigenvalue weighted by atomic mass is 10.1. The van der Waals surface area contributed by atoms with Crippen molar-refractivity contribution in [2.45, 2.75) is 18.2 Å². The predicted molar refractivity (Wildman–Crippen MR) is 69.0 cm³/mol. The first kappa shape index (κ1) is 16.2. The summed E-state index contributed by atoms with van der Waals surface area (Å²) < 4.78 is 27.7. The Labute approximate surface area is 108 Å². The molecule has 1 aromatic carbocycles. The number of primary sulfonamides is 1. The molecule has 0 atom stereocenters. The maximum absolute atomic E-state index is 11.1. The third-order valence-corrected chi connectivity index (χ3v) is 3.03. The quantitative estimate of drug-likeness (QED) is 0.828. The summed E-state index contributed by atoms with van der Waals surface area (Å²) in [7, 11) is -3.65. The van der Waals surface area contributed by atoms with Gasteiger partial charge in [-0.25, -0.2) is 13.6 Å². The molecule has 0 aliphatic carbocycles. The normalized spacial score (nSPS) is 10.8. The lowest BCUT2D eigenvalue weighted by Gasteiger charge is -2.10. The Morgan fingerprint density at radius 3 is 2.47 bits per heavy atom. The summed E-state index contributed by atoms with van der Waals surface area (Å²) >= 11 is 0. The topological polar surface area (TPSA) is 95.4 Å². The number of halogens is 1. The van der Waals surface area contributed by atoms with Crippen LogP contribution >= 0.6 is 12.4 Å². The molecule has 4 N–H and O–H groups in total. The molecular formula is C10H17ClN2O3S. The summed E-state index contributed by atoms with van der Waals surface area (Å²) in [5, 5.41) is 5.04. The van der Waals surface area contributed by atoms with Gasteiger partial charge in [0.15, 0.2) is 0 Å². The highest BCUT2D eigenvalue weighted by Gasteiger charge is 2.11. The molecule has 7 heteroatoms. The molecule has 98 valence electrons. The third-order valence-electron chi connectivity index (χ3n) is 2.12. The maximum atomic E-state index is 11.1. The van der Waals surface area contributed by atoms with E-state index in [0.29, 0.717) is 25.3 Å². The zero-order chi connectivity index (χ0) is 12.2. The minimum Gasteiger partial charge on any atom is -0.492 e. The molecule has 0 unspecified atom stereocenters. The van der Waals surface area contributed by atoms with Gasteiger partial charge >= 0.3 is 0 Å². The molecule has 0 spiro atoms. The van der Waals surface area contributed by atoms with Gasteiger partial charge in [-0.05, 0) is 30.2 Å². The number of aryl methyl sites for hydroxylation is 1. The van der Waals surface area contributed by atoms with E-state index in [-0.39, 0.29) is 17.3 Å². The summed E-state index contributed by atoms with van der Waals surface area (Å²) in [5.41, 5.74) is 6.13. The van der Waals surface area contributed by atoms with Crippen LogP contribution < -0.4 is 15.6 Å². The monoisotopic (exact) mass is 280 g/mol. The van der Waals surface area contributed by atoms with E-state index in [1.54, 1.807) is 6.07 Å². The number of sulfonamides is 1. The van der Waals surface area contributed by atoms with Crippen LogP contribution in [0.25, 0.3) is 0 Å². The molecule has 0 aromatic heterocycles. The maximum Gasteiger partial charge on any atom is 0.238 e. The summed E-state index contributed by atoms with van der Waals surface area (Å²) in [6.45, 7) is 2.74. The molecule has 0 aliphatic rings. The van der Waals surface area contributed by atoms with Crippen LogP contribution in [0.3, 0.4) is 0 Å². The average Bonchev–Trinajstić information content (AvgIpc) is 2.24. The third kappa shape index (κ3) is 4.51. The van der Waals surface area contributed by atoms with E-state index in [2.05, 4.69) is 0 Å². The van der Waals surface area contributed by atoms with E-state index < -0.39 is 10.0 Å². The number of benzene rings is 1. The lowest BCUT2D eigenvalue weighted by Crippen LogP contribution is -2.14. The lowest BCUT2D eigenvalue weighted by molar-refractivity contribution is 0.325. The zero-order valence-corrected chi connectivity index (χ0v) is 11.2. The van der Waals surface area contributed by atoms with Gasteiger partial charge < -0.3 is 10.5 Å². The standard InChI is InChI=1S/C10H16N2O3S.ClH/c1-2-8-7-9(16(12,13)14)3-4-10(8)15-6-5-11;/h3-4,7H,2,5-6,11H2,1H3,(H2,12,13,14);1H. The molecule has 0 bridgehead atoms. The van der Waals surface area contributed by atoms with Crippen molar-refractivity contribution in [3.63, 3.8) is 0 Å². The van der Waals surface area contributed by atoms with Gasteiger partial charge in [0.1, 0.15) is 12.4 Å². The number of nitrogens with two attached hydrogens (primary N) is 2. The van der Waals surface area contributed by atoms with Gasteiger partial charge in [0.05, 0.1) is 4.90 Å². The second-order valence-electron chi connectivity index (χ2n) is 3.31. The molecule has 0 saturated carbocycles. The van der Waals surface area contributed by atoms with Crippen molar-refractivity contribution in [1.29, 1.82) is 0 Å². The number of ether oxygens (including phenoxy) is 1. The van der Waals surface area contributed by atoms with Crippen LogP contribution in [0.4, 0.5) is 0 Å². The fourth-order valence-electron chi connectivity index (χ4n) is 1.32. The highest BCUT2D eigenvalue weighted by Crippen LogP contribution is 2.22. The van der Waals surface area contributed by atoms with Crippen LogP contribution in [0, 0.1) is 0 Å². The molecular weight excluding hydrogens is 264 g/mol. The van der Waals surface area contributed by atoms with E-state index in [0.717, 1.165) is 5.56 Å². The van der Waals surface area contributed by atoms with Crippen LogP contribution in [0.2, 0.25) is 0 Å². The Morgan fingerprint density at radius 2 is 2.00 bits per heavy atom. The molecule has 0 heterocycles. The minimum absolute atomic E-state index is 0. The summed E-state index contributed by atoms with van der Waals surface area (Å²) in [4.78, 5) is 0.101. The van der Waals surface area contributed by atoms with Gasteiger partial charge in [-0.3, -0.25) is 0 Å². The van der Waals surface area contributed by atoms with E-state index >= 15 is 0 Å². The second kappa shape index (κ2) is 6.80. The first-order chi connectivity index (χ1) is 7.49. The van der Waals surface area contributed by atoms with Gasteiger partial charge in [0.2, 0.25) is 10.0 Å². The predicted octanol–water partition coefficient (Wildman–Crippen LogP) is 0.656.